The van der Waals surface area contributed by atoms with E-state index in [1.165, 1.54) is 26.0 Å². The highest BCUT2D eigenvalue weighted by molar-refractivity contribution is 5.87. The van der Waals surface area contributed by atoms with Crippen molar-refractivity contribution in [1.29, 1.82) is 0 Å². The quantitative estimate of drug-likeness (QED) is 0.251. The first-order valence-electron chi connectivity index (χ1n) is 13.2. The number of amides is 2. The zero-order valence-electron chi connectivity index (χ0n) is 24.0. The molecule has 10 nitrogen and oxygen atoms in total. The Morgan fingerprint density at radius 3 is 2.26 bits per heavy atom. The monoisotopic (exact) mass is 552 g/mol. The maximum Gasteiger partial charge on any atom is 0.511 e. The van der Waals surface area contributed by atoms with Gasteiger partial charge in [-0.25, -0.2) is 14.0 Å². The molecule has 0 aromatic heterocycles. The van der Waals surface area contributed by atoms with E-state index in [4.69, 9.17) is 14.2 Å². The second-order valence-electron chi connectivity index (χ2n) is 10.7. The van der Waals surface area contributed by atoms with Crippen LogP contribution in [0.5, 0.6) is 0 Å². The number of halogens is 1. The van der Waals surface area contributed by atoms with Crippen molar-refractivity contribution in [1.82, 2.24) is 10.2 Å². The fourth-order valence-corrected chi connectivity index (χ4v) is 5.09. The third kappa shape index (κ3) is 7.83. The van der Waals surface area contributed by atoms with Crippen LogP contribution in [0.3, 0.4) is 0 Å². The standard InChI is InChI=1S/C28H41FN2O8/c1-9-28(10-2,24(33)37-18(4)38-26(35)36-8)22-15-14-21(19-12-11-13-20(29)16-19)31(22)23(32)17(3)30-25(34)39-27(5,6)7/h11-13,16-18,21-22H,9-10,14-15H2,1-8H3,(H,30,34)/t17-,18?,21+,22-/m1/s1. The van der Waals surface area contributed by atoms with Gasteiger partial charge >= 0.3 is 18.2 Å². The molecular weight excluding hydrogens is 511 g/mol. The number of nitrogens with zero attached hydrogens (tertiary/aromatic N) is 1. The highest BCUT2D eigenvalue weighted by atomic mass is 19.1. The smallest absolute Gasteiger partial charge is 0.444 e. The molecule has 0 radical (unpaired) electrons. The van der Waals surface area contributed by atoms with E-state index in [1.807, 2.05) is 13.8 Å². The molecule has 1 saturated heterocycles. The van der Waals surface area contributed by atoms with Gasteiger partial charge in [0.1, 0.15) is 17.5 Å². The van der Waals surface area contributed by atoms with Crippen LogP contribution in [0.1, 0.15) is 85.8 Å². The van der Waals surface area contributed by atoms with Crippen molar-refractivity contribution in [3.63, 3.8) is 0 Å². The normalized spacial score (nSPS) is 19.1. The van der Waals surface area contributed by atoms with Gasteiger partial charge in [-0.05, 0) is 71.1 Å². The molecule has 1 heterocycles. The molecule has 218 valence electrons. The molecule has 2 rings (SSSR count). The molecule has 1 N–H and O–H groups in total. The predicted octanol–water partition coefficient (Wildman–Crippen LogP) is 5.25. The number of alkyl carbamates (subject to hydrolysis) is 1. The SMILES string of the molecule is CCC(CC)(C(=O)OC(C)OC(=O)OC)[C@H]1CC[C@@H](c2cccc(F)c2)N1C(=O)[C@@H](C)NC(=O)OC(C)(C)C. The van der Waals surface area contributed by atoms with Crippen molar-refractivity contribution in [3.8, 4) is 0 Å². The third-order valence-corrected chi connectivity index (χ3v) is 6.98. The summed E-state index contributed by atoms with van der Waals surface area (Å²) < 4.78 is 34.4. The molecular formula is C28H41FN2O8. The number of esters is 1. The molecule has 1 unspecified atom stereocenters. The number of hydrogen-bond acceptors (Lipinski definition) is 8. The maximum atomic E-state index is 14.2. The number of benzene rings is 1. The van der Waals surface area contributed by atoms with Crippen LogP contribution in [0.2, 0.25) is 0 Å². The average Bonchev–Trinajstić information content (AvgIpc) is 3.28. The highest BCUT2D eigenvalue weighted by Crippen LogP contribution is 2.47. The Labute approximate surface area is 229 Å². The van der Waals surface area contributed by atoms with Crippen LogP contribution in [0.15, 0.2) is 24.3 Å². The number of nitrogens with one attached hydrogen (secondary N) is 1. The van der Waals surface area contributed by atoms with Crippen LogP contribution in [-0.2, 0) is 28.5 Å². The van der Waals surface area contributed by atoms with Gasteiger partial charge in [0.15, 0.2) is 0 Å². The topological polar surface area (TPSA) is 120 Å². The van der Waals surface area contributed by atoms with Crippen LogP contribution in [-0.4, -0.2) is 60.1 Å². The predicted molar refractivity (Wildman–Crippen MR) is 140 cm³/mol. The zero-order valence-corrected chi connectivity index (χ0v) is 24.0. The number of rotatable bonds is 9. The Bertz CT molecular complexity index is 1040. The van der Waals surface area contributed by atoms with Gasteiger partial charge in [0, 0.05) is 13.0 Å². The van der Waals surface area contributed by atoms with Gasteiger partial charge in [0.25, 0.3) is 0 Å². The molecule has 2 amide bonds. The van der Waals surface area contributed by atoms with E-state index in [2.05, 4.69) is 10.1 Å². The number of ether oxygens (including phenoxy) is 4. The summed E-state index contributed by atoms with van der Waals surface area (Å²) in [5.74, 6) is -1.54. The van der Waals surface area contributed by atoms with E-state index >= 15 is 0 Å². The lowest BCUT2D eigenvalue weighted by atomic mass is 9.74. The number of likely N-dealkylation sites (tertiary alicyclic amines) is 1. The van der Waals surface area contributed by atoms with Crippen LogP contribution in [0.4, 0.5) is 14.0 Å². The average molecular weight is 553 g/mol. The molecule has 1 aliphatic rings. The Balaban J connectivity index is 2.46. The molecule has 0 spiro atoms. The lowest BCUT2D eigenvalue weighted by Crippen LogP contribution is -2.56. The molecule has 1 aromatic rings. The molecule has 11 heteroatoms. The van der Waals surface area contributed by atoms with Gasteiger partial charge in [-0.15, -0.1) is 0 Å². The summed E-state index contributed by atoms with van der Waals surface area (Å²) in [6.45, 7) is 11.7. The van der Waals surface area contributed by atoms with Crippen molar-refractivity contribution in [2.24, 2.45) is 5.41 Å². The first-order valence-corrected chi connectivity index (χ1v) is 13.2. The maximum absolute atomic E-state index is 14.2. The first-order chi connectivity index (χ1) is 18.2. The van der Waals surface area contributed by atoms with Crippen LogP contribution in [0, 0.1) is 11.2 Å². The molecule has 4 atom stereocenters. The van der Waals surface area contributed by atoms with Crippen molar-refractivity contribution in [3.05, 3.63) is 35.6 Å². The minimum atomic E-state index is -1.22. The minimum absolute atomic E-state index is 0.311. The highest BCUT2D eigenvalue weighted by Gasteiger charge is 2.54. The van der Waals surface area contributed by atoms with Crippen molar-refractivity contribution in [2.45, 2.75) is 104 Å². The van der Waals surface area contributed by atoms with Crippen molar-refractivity contribution >= 4 is 24.1 Å². The van der Waals surface area contributed by atoms with Crippen molar-refractivity contribution < 1.29 is 42.5 Å². The fourth-order valence-electron chi connectivity index (χ4n) is 5.09. The minimum Gasteiger partial charge on any atom is -0.444 e. The Hall–Kier alpha value is -3.37. The number of carbonyl (C=O) groups excluding carboxylic acids is 4. The summed E-state index contributed by atoms with van der Waals surface area (Å²) in [7, 11) is 1.14. The molecule has 1 fully saturated rings. The molecule has 0 bridgehead atoms. The van der Waals surface area contributed by atoms with E-state index in [1.54, 1.807) is 37.8 Å². The van der Waals surface area contributed by atoms with Gasteiger partial charge in [-0.1, -0.05) is 26.0 Å². The van der Waals surface area contributed by atoms with E-state index in [-0.39, 0.29) is 0 Å². The zero-order chi connectivity index (χ0) is 29.5. The molecule has 0 saturated carbocycles. The second-order valence-corrected chi connectivity index (χ2v) is 10.7. The molecule has 0 aliphatic carbocycles. The van der Waals surface area contributed by atoms with Gasteiger partial charge in [0.05, 0.1) is 18.6 Å². The van der Waals surface area contributed by atoms with Crippen LogP contribution >= 0.6 is 0 Å². The molecule has 1 aliphatic heterocycles. The Morgan fingerprint density at radius 1 is 1.08 bits per heavy atom. The summed E-state index contributed by atoms with van der Waals surface area (Å²) in [6.07, 6.45) is -1.47. The Kier molecular flexibility index (Phi) is 10.7. The fraction of sp³-hybridized carbons (Fsp3) is 0.643. The summed E-state index contributed by atoms with van der Waals surface area (Å²) in [4.78, 5) is 53.1. The first kappa shape index (κ1) is 31.8. The van der Waals surface area contributed by atoms with Gasteiger partial charge < -0.3 is 29.2 Å². The summed E-state index contributed by atoms with van der Waals surface area (Å²) in [5, 5.41) is 2.58. The largest absolute Gasteiger partial charge is 0.511 e. The number of hydrogen-bond donors (Lipinski definition) is 1. The lowest BCUT2D eigenvalue weighted by molar-refractivity contribution is -0.185. The van der Waals surface area contributed by atoms with Crippen molar-refractivity contribution in [2.75, 3.05) is 7.11 Å². The van der Waals surface area contributed by atoms with E-state index in [9.17, 15) is 23.6 Å². The summed E-state index contributed by atoms with van der Waals surface area (Å²) in [6, 6.07) is 3.79. The van der Waals surface area contributed by atoms with E-state index < -0.39 is 65.4 Å². The van der Waals surface area contributed by atoms with Crippen LogP contribution in [0.25, 0.3) is 0 Å². The Morgan fingerprint density at radius 2 is 1.72 bits per heavy atom. The van der Waals surface area contributed by atoms with Gasteiger partial charge in [-0.3, -0.25) is 9.59 Å². The third-order valence-electron chi connectivity index (χ3n) is 6.98. The number of methoxy groups -OCH3 is 1. The summed E-state index contributed by atoms with van der Waals surface area (Å²) in [5.41, 5.74) is -1.36. The molecule has 1 aromatic carbocycles. The van der Waals surface area contributed by atoms with Crippen LogP contribution < -0.4 is 5.32 Å². The molecule has 39 heavy (non-hydrogen) atoms. The van der Waals surface area contributed by atoms with E-state index in [0.29, 0.717) is 31.2 Å². The number of carbonyl (C=O) groups is 4. The second kappa shape index (κ2) is 13.1. The van der Waals surface area contributed by atoms with Gasteiger partial charge in [0.2, 0.25) is 12.2 Å². The lowest BCUT2D eigenvalue weighted by Gasteiger charge is -2.43. The van der Waals surface area contributed by atoms with Gasteiger partial charge in [-0.2, -0.15) is 0 Å². The summed E-state index contributed by atoms with van der Waals surface area (Å²) >= 11 is 0. The van der Waals surface area contributed by atoms with E-state index in [0.717, 1.165) is 7.11 Å².